The van der Waals surface area contributed by atoms with Crippen molar-refractivity contribution in [1.29, 1.82) is 0 Å². The number of rotatable bonds is 8. The highest BCUT2D eigenvalue weighted by Crippen LogP contribution is 2.32. The van der Waals surface area contributed by atoms with E-state index in [1.54, 1.807) is 0 Å². The van der Waals surface area contributed by atoms with Crippen LogP contribution in [0.15, 0.2) is 0 Å². The van der Waals surface area contributed by atoms with Crippen LogP contribution >= 0.6 is 10.7 Å². The van der Waals surface area contributed by atoms with Crippen molar-refractivity contribution in [1.82, 2.24) is 0 Å². The third-order valence-electron chi connectivity index (χ3n) is 3.19. The van der Waals surface area contributed by atoms with Gasteiger partial charge in [-0.3, -0.25) is 0 Å². The summed E-state index contributed by atoms with van der Waals surface area (Å²) >= 11 is 0. The van der Waals surface area contributed by atoms with Crippen molar-refractivity contribution in [2.24, 2.45) is 5.92 Å². The number of halogens is 1. The summed E-state index contributed by atoms with van der Waals surface area (Å²) in [4.78, 5) is 0. The third kappa shape index (κ3) is 5.51. The predicted molar refractivity (Wildman–Crippen MR) is 66.2 cm³/mol. The zero-order chi connectivity index (χ0) is 12.0. The van der Waals surface area contributed by atoms with Crippen LogP contribution in [0.25, 0.3) is 0 Å². The van der Waals surface area contributed by atoms with Gasteiger partial charge in [0.2, 0.25) is 9.05 Å². The lowest BCUT2D eigenvalue weighted by Crippen LogP contribution is -2.29. The third-order valence-corrected chi connectivity index (χ3v) is 4.43. The van der Waals surface area contributed by atoms with Crippen LogP contribution in [0.1, 0.15) is 45.4 Å². The molecule has 1 rings (SSSR count). The second kappa shape index (κ2) is 6.82. The highest BCUT2D eigenvalue weighted by Gasteiger charge is 2.26. The molecule has 96 valence electrons. The summed E-state index contributed by atoms with van der Waals surface area (Å²) in [6.45, 7) is 2.80. The summed E-state index contributed by atoms with van der Waals surface area (Å²) in [6, 6.07) is 0. The molecule has 0 amide bonds. The summed E-state index contributed by atoms with van der Waals surface area (Å²) in [5.41, 5.74) is 0. The molecule has 16 heavy (non-hydrogen) atoms. The van der Waals surface area contributed by atoms with Crippen molar-refractivity contribution in [3.8, 4) is 0 Å². The van der Waals surface area contributed by atoms with E-state index in [9.17, 15) is 8.42 Å². The first-order valence-corrected chi connectivity index (χ1v) is 8.54. The molecule has 0 aromatic rings. The molecule has 0 bridgehead atoms. The molecule has 0 heterocycles. The summed E-state index contributed by atoms with van der Waals surface area (Å²) in [6.07, 6.45) is 6.69. The highest BCUT2D eigenvalue weighted by molar-refractivity contribution is 8.13. The van der Waals surface area contributed by atoms with Gasteiger partial charge in [0, 0.05) is 17.3 Å². The summed E-state index contributed by atoms with van der Waals surface area (Å²) in [5, 5.41) is 0. The molecule has 0 radical (unpaired) electrons. The van der Waals surface area contributed by atoms with E-state index in [2.05, 4.69) is 6.92 Å². The lowest BCUT2D eigenvalue weighted by Gasteiger charge is -2.33. The number of ether oxygens (including phenoxy) is 1. The Morgan fingerprint density at radius 1 is 1.38 bits per heavy atom. The highest BCUT2D eigenvalue weighted by atomic mass is 35.7. The number of hydrogen-bond donors (Lipinski definition) is 0. The minimum atomic E-state index is -3.32. The lowest BCUT2D eigenvalue weighted by atomic mass is 9.80. The van der Waals surface area contributed by atoms with Crippen LogP contribution < -0.4 is 0 Å². The fourth-order valence-corrected chi connectivity index (χ4v) is 2.89. The molecule has 0 aliphatic heterocycles. The molecular weight excluding hydrogens is 248 g/mol. The van der Waals surface area contributed by atoms with Crippen LogP contribution in [0.2, 0.25) is 0 Å². The first-order valence-electron chi connectivity index (χ1n) is 6.07. The molecule has 1 aliphatic rings. The normalized spacial score (nSPS) is 19.4. The van der Waals surface area contributed by atoms with E-state index in [0.717, 1.165) is 18.8 Å². The molecule has 1 saturated carbocycles. The maximum absolute atomic E-state index is 10.7. The summed E-state index contributed by atoms with van der Waals surface area (Å²) in [7, 11) is 1.79. The Hall–Kier alpha value is 0.200. The summed E-state index contributed by atoms with van der Waals surface area (Å²) < 4.78 is 27.1. The zero-order valence-corrected chi connectivity index (χ0v) is 11.4. The number of unbranched alkanes of at least 4 members (excludes halogenated alkanes) is 1. The van der Waals surface area contributed by atoms with E-state index < -0.39 is 9.05 Å². The minimum Gasteiger partial charge on any atom is -0.378 e. The fraction of sp³-hybridized carbons (Fsp3) is 1.00. The SMILES string of the molecule is CCC(OCCCCS(=O)(=O)Cl)C1CCC1. The quantitative estimate of drug-likeness (QED) is 0.502. The van der Waals surface area contributed by atoms with E-state index >= 15 is 0 Å². The monoisotopic (exact) mass is 268 g/mol. The molecule has 0 N–H and O–H groups in total. The molecule has 1 fully saturated rings. The van der Waals surface area contributed by atoms with Crippen molar-refractivity contribution >= 4 is 19.7 Å². The van der Waals surface area contributed by atoms with Crippen molar-refractivity contribution in [2.45, 2.75) is 51.6 Å². The minimum absolute atomic E-state index is 0.0537. The van der Waals surface area contributed by atoms with Crippen LogP contribution in [0.5, 0.6) is 0 Å². The second-order valence-electron chi connectivity index (χ2n) is 4.46. The van der Waals surface area contributed by atoms with Gasteiger partial charge in [-0.25, -0.2) is 8.42 Å². The molecule has 1 unspecified atom stereocenters. The van der Waals surface area contributed by atoms with Gasteiger partial charge in [0.05, 0.1) is 11.9 Å². The average Bonchev–Trinajstić information content (AvgIpc) is 2.10. The lowest BCUT2D eigenvalue weighted by molar-refractivity contribution is -0.0166. The van der Waals surface area contributed by atoms with Crippen LogP contribution in [0.4, 0.5) is 0 Å². The van der Waals surface area contributed by atoms with Gasteiger partial charge >= 0.3 is 0 Å². The molecule has 1 aliphatic carbocycles. The van der Waals surface area contributed by atoms with Gasteiger partial charge in [-0.2, -0.15) is 0 Å². The average molecular weight is 269 g/mol. The fourth-order valence-electron chi connectivity index (χ4n) is 2.01. The Labute approximate surface area is 103 Å². The van der Waals surface area contributed by atoms with E-state index in [1.165, 1.54) is 19.3 Å². The van der Waals surface area contributed by atoms with Crippen molar-refractivity contribution in [3.63, 3.8) is 0 Å². The topological polar surface area (TPSA) is 43.4 Å². The molecule has 0 spiro atoms. The first-order chi connectivity index (χ1) is 7.53. The number of hydrogen-bond acceptors (Lipinski definition) is 3. The Balaban J connectivity index is 2.05. The smallest absolute Gasteiger partial charge is 0.232 e. The van der Waals surface area contributed by atoms with Gasteiger partial charge in [0.25, 0.3) is 0 Å². The largest absolute Gasteiger partial charge is 0.378 e. The molecule has 1 atom stereocenters. The Morgan fingerprint density at radius 2 is 2.06 bits per heavy atom. The molecule has 0 saturated heterocycles. The Kier molecular flexibility index (Phi) is 6.08. The Morgan fingerprint density at radius 3 is 2.50 bits per heavy atom. The van der Waals surface area contributed by atoms with Gasteiger partial charge in [-0.15, -0.1) is 0 Å². The standard InChI is InChI=1S/C11H21ClO3S/c1-2-11(10-6-5-7-10)15-8-3-4-9-16(12,13)14/h10-11H,2-9H2,1H3. The van der Waals surface area contributed by atoms with Gasteiger partial charge in [-0.05, 0) is 38.0 Å². The van der Waals surface area contributed by atoms with E-state index in [1.807, 2.05) is 0 Å². The molecule has 0 aromatic heterocycles. The van der Waals surface area contributed by atoms with Crippen molar-refractivity contribution in [2.75, 3.05) is 12.4 Å². The van der Waals surface area contributed by atoms with Gasteiger partial charge in [-0.1, -0.05) is 13.3 Å². The molecule has 5 heteroatoms. The Bertz CT molecular complexity index is 286. The van der Waals surface area contributed by atoms with Crippen molar-refractivity contribution in [3.05, 3.63) is 0 Å². The van der Waals surface area contributed by atoms with Gasteiger partial charge < -0.3 is 4.74 Å². The van der Waals surface area contributed by atoms with Crippen LogP contribution in [-0.2, 0) is 13.8 Å². The maximum atomic E-state index is 10.7. The maximum Gasteiger partial charge on any atom is 0.232 e. The van der Waals surface area contributed by atoms with Crippen LogP contribution in [0.3, 0.4) is 0 Å². The van der Waals surface area contributed by atoms with Crippen LogP contribution in [-0.4, -0.2) is 26.9 Å². The van der Waals surface area contributed by atoms with Crippen LogP contribution in [0, 0.1) is 5.92 Å². The molecule has 3 nitrogen and oxygen atoms in total. The molecular formula is C11H21ClO3S. The van der Waals surface area contributed by atoms with E-state index in [0.29, 0.717) is 19.1 Å². The predicted octanol–water partition coefficient (Wildman–Crippen LogP) is 2.93. The second-order valence-corrected chi connectivity index (χ2v) is 7.36. The van der Waals surface area contributed by atoms with Gasteiger partial charge in [0.15, 0.2) is 0 Å². The first kappa shape index (κ1) is 14.3. The van der Waals surface area contributed by atoms with E-state index in [-0.39, 0.29) is 5.75 Å². The van der Waals surface area contributed by atoms with E-state index in [4.69, 9.17) is 15.4 Å². The molecule has 0 aromatic carbocycles. The van der Waals surface area contributed by atoms with Gasteiger partial charge in [0.1, 0.15) is 0 Å². The van der Waals surface area contributed by atoms with Crippen molar-refractivity contribution < 1.29 is 13.2 Å². The summed E-state index contributed by atoms with van der Waals surface area (Å²) in [5.74, 6) is 0.791. The zero-order valence-electron chi connectivity index (χ0n) is 9.82.